The van der Waals surface area contributed by atoms with Crippen LogP contribution < -0.4 is 0 Å². The lowest BCUT2D eigenvalue weighted by atomic mass is 10.0. The number of hydrogen-bond donors (Lipinski definition) is 0. The van der Waals surface area contributed by atoms with Gasteiger partial charge >= 0.3 is 0 Å². The Morgan fingerprint density at radius 3 is 2.62 bits per heavy atom. The molecule has 1 aliphatic heterocycles. The molecule has 0 radical (unpaired) electrons. The third-order valence-corrected chi connectivity index (χ3v) is 6.92. The molecule has 0 saturated carbocycles. The van der Waals surface area contributed by atoms with Crippen LogP contribution in [-0.4, -0.2) is 48.5 Å². The summed E-state index contributed by atoms with van der Waals surface area (Å²) in [5.41, 5.74) is 2.07. The molecule has 3 aromatic rings. The van der Waals surface area contributed by atoms with E-state index in [1.165, 1.54) is 0 Å². The van der Waals surface area contributed by atoms with Gasteiger partial charge in [0.2, 0.25) is 0 Å². The molecule has 2 heterocycles. The van der Waals surface area contributed by atoms with Crippen LogP contribution in [0.5, 0.6) is 0 Å². The fourth-order valence-corrected chi connectivity index (χ4v) is 4.41. The van der Waals surface area contributed by atoms with Crippen LogP contribution >= 0.6 is 0 Å². The van der Waals surface area contributed by atoms with Gasteiger partial charge in [-0.15, -0.1) is 0 Å². The van der Waals surface area contributed by atoms with E-state index in [-0.39, 0.29) is 24.7 Å². The van der Waals surface area contributed by atoms with E-state index in [1.807, 2.05) is 30.3 Å². The van der Waals surface area contributed by atoms with Gasteiger partial charge in [-0.1, -0.05) is 42.4 Å². The smallest absolute Gasteiger partial charge is 0.253 e. The lowest BCUT2D eigenvalue weighted by Gasteiger charge is -2.38. The highest BCUT2D eigenvalue weighted by atomic mass is 32.2. The fourth-order valence-electron chi connectivity index (χ4n) is 3.12. The summed E-state index contributed by atoms with van der Waals surface area (Å²) in [6.45, 7) is 2.13. The monoisotopic (exact) mass is 370 g/mol. The topological polar surface area (TPSA) is 80.5 Å². The van der Waals surface area contributed by atoms with Gasteiger partial charge in [-0.05, 0) is 18.2 Å². The Hall–Kier alpha value is -2.67. The highest BCUT2D eigenvalue weighted by Crippen LogP contribution is 2.30. The SMILES string of the molecule is CCS(=O)(=O)C1CN(C(=O)c2ccc3noc(-c4ccccc4)c3c2)C1. The number of sulfone groups is 1. The Kier molecular flexibility index (Phi) is 4.03. The molecule has 0 aliphatic carbocycles. The molecule has 4 rings (SSSR count). The molecule has 6 nitrogen and oxygen atoms in total. The number of rotatable bonds is 4. The summed E-state index contributed by atoms with van der Waals surface area (Å²) in [6, 6.07) is 14.8. The fraction of sp³-hybridized carbons (Fsp3) is 0.263. The van der Waals surface area contributed by atoms with Crippen LogP contribution in [0.1, 0.15) is 17.3 Å². The van der Waals surface area contributed by atoms with E-state index >= 15 is 0 Å². The number of amides is 1. The first kappa shape index (κ1) is 16.8. The van der Waals surface area contributed by atoms with Crippen molar-refractivity contribution in [3.63, 3.8) is 0 Å². The van der Waals surface area contributed by atoms with Crippen molar-refractivity contribution in [2.24, 2.45) is 0 Å². The van der Waals surface area contributed by atoms with Crippen molar-refractivity contribution in [1.82, 2.24) is 10.1 Å². The summed E-state index contributed by atoms with van der Waals surface area (Å²) in [4.78, 5) is 14.2. The second-order valence-corrected chi connectivity index (χ2v) is 8.96. The highest BCUT2D eigenvalue weighted by Gasteiger charge is 2.39. The Labute approximate surface area is 151 Å². The zero-order chi connectivity index (χ0) is 18.3. The van der Waals surface area contributed by atoms with Crippen molar-refractivity contribution in [2.75, 3.05) is 18.8 Å². The van der Waals surface area contributed by atoms with Crippen molar-refractivity contribution >= 4 is 26.6 Å². The van der Waals surface area contributed by atoms with Crippen LogP contribution in [0.15, 0.2) is 53.1 Å². The first-order chi connectivity index (χ1) is 12.5. The minimum absolute atomic E-state index is 0.104. The highest BCUT2D eigenvalue weighted by molar-refractivity contribution is 7.92. The van der Waals surface area contributed by atoms with Gasteiger partial charge in [-0.25, -0.2) is 8.42 Å². The summed E-state index contributed by atoms with van der Waals surface area (Å²) in [5.74, 6) is 0.548. The van der Waals surface area contributed by atoms with E-state index in [9.17, 15) is 13.2 Å². The molecule has 0 atom stereocenters. The molecule has 0 spiro atoms. The summed E-state index contributed by atoms with van der Waals surface area (Å²) >= 11 is 0. The molecule has 7 heteroatoms. The normalized spacial score (nSPS) is 15.2. The predicted molar refractivity (Wildman–Crippen MR) is 98.6 cm³/mol. The van der Waals surface area contributed by atoms with Gasteiger partial charge in [-0.3, -0.25) is 4.79 Å². The molecule has 1 aliphatic rings. The Bertz CT molecular complexity index is 1070. The standard InChI is InChI=1S/C19H18N2O4S/c1-2-26(23,24)15-11-21(12-15)19(22)14-8-9-17-16(10-14)18(25-20-17)13-6-4-3-5-7-13/h3-10,15H,2,11-12H2,1H3. The van der Waals surface area contributed by atoms with E-state index in [0.717, 1.165) is 10.9 Å². The molecule has 1 amide bonds. The molecular weight excluding hydrogens is 352 g/mol. The maximum Gasteiger partial charge on any atom is 0.253 e. The molecule has 0 bridgehead atoms. The van der Waals surface area contributed by atoms with E-state index in [1.54, 1.807) is 30.0 Å². The van der Waals surface area contributed by atoms with Crippen LogP contribution in [0.25, 0.3) is 22.2 Å². The van der Waals surface area contributed by atoms with Crippen LogP contribution in [0.2, 0.25) is 0 Å². The lowest BCUT2D eigenvalue weighted by molar-refractivity contribution is 0.0659. The average Bonchev–Trinajstić information content (AvgIpc) is 3.04. The van der Waals surface area contributed by atoms with Gasteiger partial charge in [0.25, 0.3) is 5.91 Å². The quantitative estimate of drug-likeness (QED) is 0.705. The van der Waals surface area contributed by atoms with Crippen molar-refractivity contribution < 1.29 is 17.7 Å². The molecule has 1 aromatic heterocycles. The summed E-state index contributed by atoms with van der Waals surface area (Å²) in [6.07, 6.45) is 0. The molecule has 0 unspecified atom stereocenters. The van der Waals surface area contributed by atoms with Crippen molar-refractivity contribution in [3.8, 4) is 11.3 Å². The van der Waals surface area contributed by atoms with E-state index in [2.05, 4.69) is 5.16 Å². The number of nitrogens with zero attached hydrogens (tertiary/aromatic N) is 2. The summed E-state index contributed by atoms with van der Waals surface area (Å²) in [5, 5.41) is 4.37. The lowest BCUT2D eigenvalue weighted by Crippen LogP contribution is -2.57. The summed E-state index contributed by atoms with van der Waals surface area (Å²) in [7, 11) is -3.10. The van der Waals surface area contributed by atoms with Crippen molar-refractivity contribution in [1.29, 1.82) is 0 Å². The molecule has 26 heavy (non-hydrogen) atoms. The van der Waals surface area contributed by atoms with Crippen LogP contribution in [0.4, 0.5) is 0 Å². The number of carbonyl (C=O) groups is 1. The average molecular weight is 370 g/mol. The van der Waals surface area contributed by atoms with E-state index in [0.29, 0.717) is 16.8 Å². The molecule has 1 saturated heterocycles. The number of aromatic nitrogens is 1. The third-order valence-electron chi connectivity index (χ3n) is 4.80. The third kappa shape index (κ3) is 2.78. The van der Waals surface area contributed by atoms with E-state index in [4.69, 9.17) is 4.52 Å². The molecule has 0 N–H and O–H groups in total. The van der Waals surface area contributed by atoms with Gasteiger partial charge in [0.1, 0.15) is 5.52 Å². The maximum absolute atomic E-state index is 12.7. The zero-order valence-corrected chi connectivity index (χ0v) is 15.1. The number of carbonyl (C=O) groups excluding carboxylic acids is 1. The minimum Gasteiger partial charge on any atom is -0.355 e. The first-order valence-corrected chi connectivity index (χ1v) is 10.2. The van der Waals surface area contributed by atoms with Crippen molar-refractivity contribution in [3.05, 3.63) is 54.1 Å². The number of fused-ring (bicyclic) bond motifs is 1. The molecular formula is C19H18N2O4S. The minimum atomic E-state index is -3.10. The molecule has 1 fully saturated rings. The second-order valence-electron chi connectivity index (χ2n) is 6.39. The number of likely N-dealkylation sites (tertiary alicyclic amines) is 1. The zero-order valence-electron chi connectivity index (χ0n) is 14.3. The first-order valence-electron chi connectivity index (χ1n) is 8.45. The molecule has 134 valence electrons. The Morgan fingerprint density at radius 1 is 1.19 bits per heavy atom. The molecule has 2 aromatic carbocycles. The Balaban J connectivity index is 1.61. The van der Waals surface area contributed by atoms with Crippen molar-refractivity contribution in [2.45, 2.75) is 12.2 Å². The van der Waals surface area contributed by atoms with Gasteiger partial charge in [0.05, 0.1) is 10.6 Å². The predicted octanol–water partition coefficient (Wildman–Crippen LogP) is 2.75. The second kappa shape index (κ2) is 6.25. The van der Waals surface area contributed by atoms with E-state index < -0.39 is 15.1 Å². The van der Waals surface area contributed by atoms with Gasteiger partial charge in [0.15, 0.2) is 15.6 Å². The Morgan fingerprint density at radius 2 is 1.92 bits per heavy atom. The number of hydrogen-bond acceptors (Lipinski definition) is 5. The van der Waals surface area contributed by atoms with Crippen LogP contribution in [0.3, 0.4) is 0 Å². The number of benzene rings is 2. The van der Waals surface area contributed by atoms with Crippen LogP contribution in [0, 0.1) is 0 Å². The maximum atomic E-state index is 12.7. The summed E-state index contributed by atoms with van der Waals surface area (Å²) < 4.78 is 29.2. The van der Waals surface area contributed by atoms with Crippen LogP contribution in [-0.2, 0) is 9.84 Å². The largest absolute Gasteiger partial charge is 0.355 e. The van der Waals surface area contributed by atoms with Gasteiger partial charge in [-0.2, -0.15) is 0 Å². The van der Waals surface area contributed by atoms with Gasteiger partial charge < -0.3 is 9.42 Å². The van der Waals surface area contributed by atoms with Gasteiger partial charge in [0, 0.05) is 30.0 Å².